The minimum absolute atomic E-state index is 0.0876. The van der Waals surface area contributed by atoms with E-state index in [1.807, 2.05) is 17.0 Å². The average molecular weight is 316 g/mol. The van der Waals surface area contributed by atoms with Crippen molar-refractivity contribution in [1.82, 2.24) is 9.80 Å². The molecule has 1 fully saturated rings. The van der Waals surface area contributed by atoms with Crippen LogP contribution < -0.4 is 10.2 Å². The number of rotatable bonds is 2. The van der Waals surface area contributed by atoms with Crippen LogP contribution >= 0.6 is 0 Å². The highest BCUT2D eigenvalue weighted by molar-refractivity contribution is 5.84. The van der Waals surface area contributed by atoms with Gasteiger partial charge in [0.1, 0.15) is 0 Å². The molecule has 0 unspecified atom stereocenters. The Morgan fingerprint density at radius 1 is 1.04 bits per heavy atom. The van der Waals surface area contributed by atoms with Gasteiger partial charge in [-0.25, -0.2) is 0 Å². The lowest BCUT2D eigenvalue weighted by molar-refractivity contribution is -0.137. The van der Waals surface area contributed by atoms with Crippen molar-refractivity contribution in [3.63, 3.8) is 0 Å². The highest BCUT2D eigenvalue weighted by atomic mass is 16.2. The second kappa shape index (κ2) is 6.89. The molecular weight excluding hydrogens is 292 g/mol. The topological polar surface area (TPSA) is 55.9 Å². The maximum atomic E-state index is 12.6. The number of nitrogens with one attached hydrogen (secondary N) is 1. The molecule has 23 heavy (non-hydrogen) atoms. The maximum absolute atomic E-state index is 12.6. The summed E-state index contributed by atoms with van der Waals surface area (Å²) in [5.41, 5.74) is 2.19. The summed E-state index contributed by atoms with van der Waals surface area (Å²) in [5, 5.41) is 3.42. The number of piperazine rings is 1. The summed E-state index contributed by atoms with van der Waals surface area (Å²) >= 11 is 0. The van der Waals surface area contributed by atoms with Crippen LogP contribution in [-0.4, -0.2) is 67.4 Å². The van der Waals surface area contributed by atoms with Crippen LogP contribution in [0.15, 0.2) is 24.3 Å². The minimum Gasteiger partial charge on any atom is -0.383 e. The summed E-state index contributed by atoms with van der Waals surface area (Å²) in [6.07, 6.45) is 1.01. The number of fused-ring (bicyclic) bond motifs is 1. The normalized spacial score (nSPS) is 18.0. The van der Waals surface area contributed by atoms with E-state index in [1.54, 1.807) is 11.8 Å². The monoisotopic (exact) mass is 316 g/mol. The zero-order chi connectivity index (χ0) is 16.2. The van der Waals surface area contributed by atoms with Crippen LogP contribution in [0.1, 0.15) is 13.3 Å². The third kappa shape index (κ3) is 3.57. The van der Waals surface area contributed by atoms with Gasteiger partial charge >= 0.3 is 0 Å². The average Bonchev–Trinajstić information content (AvgIpc) is 2.77. The lowest BCUT2D eigenvalue weighted by atomic mass is 10.2. The predicted molar refractivity (Wildman–Crippen MR) is 90.6 cm³/mol. The number of amides is 2. The van der Waals surface area contributed by atoms with Crippen molar-refractivity contribution in [2.75, 3.05) is 56.0 Å². The SMILES string of the molecule is CC(=O)N1CCN(C(=O)CN2CCCNc3ccccc32)CC1. The molecule has 0 spiro atoms. The van der Waals surface area contributed by atoms with Gasteiger partial charge in [0.15, 0.2) is 0 Å². The molecule has 6 nitrogen and oxygen atoms in total. The first-order valence-corrected chi connectivity index (χ1v) is 8.26. The van der Waals surface area contributed by atoms with Gasteiger partial charge in [-0.15, -0.1) is 0 Å². The van der Waals surface area contributed by atoms with Crippen LogP contribution in [0, 0.1) is 0 Å². The number of hydrogen-bond acceptors (Lipinski definition) is 4. The molecule has 1 saturated heterocycles. The van der Waals surface area contributed by atoms with E-state index in [2.05, 4.69) is 22.3 Å². The minimum atomic E-state index is 0.0876. The van der Waals surface area contributed by atoms with Crippen LogP contribution in [0.4, 0.5) is 11.4 Å². The van der Waals surface area contributed by atoms with E-state index in [0.717, 1.165) is 30.9 Å². The Labute approximate surface area is 137 Å². The second-order valence-electron chi connectivity index (χ2n) is 6.11. The third-order valence-corrected chi connectivity index (χ3v) is 4.57. The molecule has 1 aromatic carbocycles. The van der Waals surface area contributed by atoms with Crippen molar-refractivity contribution in [2.45, 2.75) is 13.3 Å². The lowest BCUT2D eigenvalue weighted by Crippen LogP contribution is -2.52. The van der Waals surface area contributed by atoms with Crippen LogP contribution in [-0.2, 0) is 9.59 Å². The molecule has 0 aliphatic carbocycles. The van der Waals surface area contributed by atoms with E-state index in [1.165, 1.54) is 0 Å². The molecule has 2 heterocycles. The molecule has 0 aromatic heterocycles. The van der Waals surface area contributed by atoms with Gasteiger partial charge in [0.05, 0.1) is 17.9 Å². The molecule has 0 saturated carbocycles. The Bertz CT molecular complexity index is 582. The Balaban J connectivity index is 1.63. The molecular formula is C17H24N4O2. The molecule has 0 bridgehead atoms. The van der Waals surface area contributed by atoms with E-state index in [4.69, 9.17) is 0 Å². The summed E-state index contributed by atoms with van der Waals surface area (Å²) < 4.78 is 0. The van der Waals surface area contributed by atoms with E-state index >= 15 is 0 Å². The van der Waals surface area contributed by atoms with Crippen molar-refractivity contribution in [2.24, 2.45) is 0 Å². The molecule has 1 aromatic rings. The van der Waals surface area contributed by atoms with Crippen LogP contribution in [0.5, 0.6) is 0 Å². The first-order chi connectivity index (χ1) is 11.1. The molecule has 0 atom stereocenters. The summed E-state index contributed by atoms with van der Waals surface area (Å²) in [5.74, 6) is 0.231. The van der Waals surface area contributed by atoms with Crippen molar-refractivity contribution in [3.05, 3.63) is 24.3 Å². The van der Waals surface area contributed by atoms with Crippen molar-refractivity contribution < 1.29 is 9.59 Å². The van der Waals surface area contributed by atoms with Crippen LogP contribution in [0.3, 0.4) is 0 Å². The van der Waals surface area contributed by atoms with Gasteiger partial charge in [0.2, 0.25) is 11.8 Å². The van der Waals surface area contributed by atoms with Gasteiger partial charge in [-0.05, 0) is 18.6 Å². The number of carbonyl (C=O) groups excluding carboxylic acids is 2. The molecule has 124 valence electrons. The van der Waals surface area contributed by atoms with E-state index in [-0.39, 0.29) is 11.8 Å². The van der Waals surface area contributed by atoms with Gasteiger partial charge < -0.3 is 20.0 Å². The first-order valence-electron chi connectivity index (χ1n) is 8.26. The summed E-state index contributed by atoms with van der Waals surface area (Å²) in [6, 6.07) is 8.14. The molecule has 6 heteroatoms. The zero-order valence-electron chi connectivity index (χ0n) is 13.6. The van der Waals surface area contributed by atoms with Gasteiger partial charge in [0.25, 0.3) is 0 Å². The van der Waals surface area contributed by atoms with Gasteiger partial charge in [0, 0.05) is 46.2 Å². The van der Waals surface area contributed by atoms with Gasteiger partial charge in [-0.3, -0.25) is 9.59 Å². The Morgan fingerprint density at radius 2 is 1.74 bits per heavy atom. The number of para-hydroxylation sites is 2. The van der Waals surface area contributed by atoms with Crippen LogP contribution in [0.25, 0.3) is 0 Å². The largest absolute Gasteiger partial charge is 0.383 e. The van der Waals surface area contributed by atoms with Crippen molar-refractivity contribution in [1.29, 1.82) is 0 Å². The third-order valence-electron chi connectivity index (χ3n) is 4.57. The number of benzene rings is 1. The highest BCUT2D eigenvalue weighted by Crippen LogP contribution is 2.27. The van der Waals surface area contributed by atoms with E-state index in [9.17, 15) is 9.59 Å². The van der Waals surface area contributed by atoms with Gasteiger partial charge in [-0.1, -0.05) is 12.1 Å². The van der Waals surface area contributed by atoms with Crippen molar-refractivity contribution >= 4 is 23.2 Å². The molecule has 1 N–H and O–H groups in total. The van der Waals surface area contributed by atoms with Gasteiger partial charge in [-0.2, -0.15) is 0 Å². The summed E-state index contributed by atoms with van der Waals surface area (Å²) in [7, 11) is 0. The zero-order valence-corrected chi connectivity index (χ0v) is 13.6. The van der Waals surface area contributed by atoms with Crippen LogP contribution in [0.2, 0.25) is 0 Å². The van der Waals surface area contributed by atoms with Crippen molar-refractivity contribution in [3.8, 4) is 0 Å². The Kier molecular flexibility index (Phi) is 4.69. The van der Waals surface area contributed by atoms with E-state index < -0.39 is 0 Å². The molecule has 2 amide bonds. The number of nitrogens with zero attached hydrogens (tertiary/aromatic N) is 3. The Morgan fingerprint density at radius 3 is 2.48 bits per heavy atom. The lowest BCUT2D eigenvalue weighted by Gasteiger charge is -2.35. The second-order valence-corrected chi connectivity index (χ2v) is 6.11. The maximum Gasteiger partial charge on any atom is 0.242 e. The van der Waals surface area contributed by atoms with E-state index in [0.29, 0.717) is 32.7 Å². The molecule has 2 aliphatic rings. The summed E-state index contributed by atoms with van der Waals surface area (Å²) in [6.45, 7) is 6.33. The standard InChI is InChI=1S/C17H24N4O2/c1-14(22)19-9-11-20(12-10-19)17(23)13-21-8-4-7-18-15-5-2-3-6-16(15)21/h2-3,5-6,18H,4,7-13H2,1H3. The fourth-order valence-corrected chi connectivity index (χ4v) is 3.21. The quantitative estimate of drug-likeness (QED) is 0.884. The smallest absolute Gasteiger partial charge is 0.242 e. The predicted octanol–water partition coefficient (Wildman–Crippen LogP) is 0.999. The fraction of sp³-hybridized carbons (Fsp3) is 0.529. The fourth-order valence-electron chi connectivity index (χ4n) is 3.21. The molecule has 3 rings (SSSR count). The summed E-state index contributed by atoms with van der Waals surface area (Å²) in [4.78, 5) is 29.8. The molecule has 0 radical (unpaired) electrons. The molecule has 2 aliphatic heterocycles. The highest BCUT2D eigenvalue weighted by Gasteiger charge is 2.25. The number of carbonyl (C=O) groups is 2. The number of anilines is 2. The first kappa shape index (κ1) is 15.6. The Hall–Kier alpha value is -2.24. The number of hydrogen-bond donors (Lipinski definition) is 1.